The van der Waals surface area contributed by atoms with Crippen LogP contribution in [0.1, 0.15) is 5.69 Å². The SMILES string of the molecule is COc1cccc(N(C)c2cccc(C(N)=S)n2)c1. The third-order valence-corrected chi connectivity index (χ3v) is 2.98. The van der Waals surface area contributed by atoms with Crippen LogP contribution >= 0.6 is 12.2 Å². The van der Waals surface area contributed by atoms with Gasteiger partial charge in [0.15, 0.2) is 0 Å². The van der Waals surface area contributed by atoms with E-state index in [4.69, 9.17) is 22.7 Å². The van der Waals surface area contributed by atoms with Gasteiger partial charge in [0.2, 0.25) is 0 Å². The van der Waals surface area contributed by atoms with Crippen molar-refractivity contribution in [2.45, 2.75) is 0 Å². The van der Waals surface area contributed by atoms with Gasteiger partial charge in [-0.25, -0.2) is 4.98 Å². The highest BCUT2D eigenvalue weighted by atomic mass is 32.1. The van der Waals surface area contributed by atoms with Crippen LogP contribution in [0.3, 0.4) is 0 Å². The van der Waals surface area contributed by atoms with Gasteiger partial charge in [-0.05, 0) is 24.3 Å². The predicted molar refractivity (Wildman–Crippen MR) is 81.2 cm³/mol. The van der Waals surface area contributed by atoms with Crippen molar-refractivity contribution in [3.63, 3.8) is 0 Å². The number of nitrogens with zero attached hydrogens (tertiary/aromatic N) is 2. The van der Waals surface area contributed by atoms with E-state index < -0.39 is 0 Å². The maximum Gasteiger partial charge on any atom is 0.133 e. The molecule has 5 heteroatoms. The number of aromatic nitrogens is 1. The molecule has 1 heterocycles. The largest absolute Gasteiger partial charge is 0.497 e. The van der Waals surface area contributed by atoms with Gasteiger partial charge in [0.05, 0.1) is 12.8 Å². The molecule has 0 saturated carbocycles. The van der Waals surface area contributed by atoms with Crippen molar-refractivity contribution in [2.24, 2.45) is 5.73 Å². The molecular formula is C14H15N3OS. The summed E-state index contributed by atoms with van der Waals surface area (Å²) in [6.45, 7) is 0. The van der Waals surface area contributed by atoms with Crippen LogP contribution < -0.4 is 15.4 Å². The van der Waals surface area contributed by atoms with Crippen LogP contribution in [0.2, 0.25) is 0 Å². The summed E-state index contributed by atoms with van der Waals surface area (Å²) in [5.41, 5.74) is 7.19. The first-order chi connectivity index (χ1) is 9.11. The molecule has 1 aromatic carbocycles. The molecule has 2 N–H and O–H groups in total. The van der Waals surface area contributed by atoms with Crippen molar-refractivity contribution in [1.82, 2.24) is 4.98 Å². The Kier molecular flexibility index (Phi) is 3.97. The first-order valence-corrected chi connectivity index (χ1v) is 6.17. The third-order valence-electron chi connectivity index (χ3n) is 2.77. The standard InChI is InChI=1S/C14H15N3OS/c1-17(10-5-3-6-11(9-10)18-2)13-8-4-7-12(16-13)14(15)19/h3-9H,1-2H3,(H2,15,19). The number of hydrogen-bond acceptors (Lipinski definition) is 4. The van der Waals surface area contributed by atoms with E-state index in [0.717, 1.165) is 17.3 Å². The second-order valence-electron chi connectivity index (χ2n) is 4.01. The molecule has 0 unspecified atom stereocenters. The molecule has 0 amide bonds. The molecule has 0 aliphatic heterocycles. The average molecular weight is 273 g/mol. The zero-order chi connectivity index (χ0) is 13.8. The molecule has 0 spiro atoms. The highest BCUT2D eigenvalue weighted by Crippen LogP contribution is 2.25. The van der Waals surface area contributed by atoms with E-state index in [0.29, 0.717) is 10.7 Å². The molecule has 0 aliphatic carbocycles. The van der Waals surface area contributed by atoms with E-state index in [1.165, 1.54) is 0 Å². The monoisotopic (exact) mass is 273 g/mol. The van der Waals surface area contributed by atoms with Crippen molar-refractivity contribution in [3.8, 4) is 5.75 Å². The number of methoxy groups -OCH3 is 1. The van der Waals surface area contributed by atoms with E-state index in [1.54, 1.807) is 13.2 Å². The Bertz CT molecular complexity index is 601. The Morgan fingerprint density at radius 1 is 1.26 bits per heavy atom. The lowest BCUT2D eigenvalue weighted by Gasteiger charge is -2.19. The number of ether oxygens (including phenoxy) is 1. The first kappa shape index (κ1) is 13.3. The fourth-order valence-electron chi connectivity index (χ4n) is 1.70. The van der Waals surface area contributed by atoms with Gasteiger partial charge in [-0.15, -0.1) is 0 Å². The summed E-state index contributed by atoms with van der Waals surface area (Å²) in [6, 6.07) is 13.3. The van der Waals surface area contributed by atoms with Gasteiger partial charge in [-0.2, -0.15) is 0 Å². The predicted octanol–water partition coefficient (Wildman–Crippen LogP) is 2.49. The van der Waals surface area contributed by atoms with Gasteiger partial charge in [-0.3, -0.25) is 0 Å². The summed E-state index contributed by atoms with van der Waals surface area (Å²) in [6.07, 6.45) is 0. The molecule has 2 rings (SSSR count). The minimum atomic E-state index is 0.292. The molecule has 0 saturated heterocycles. The number of hydrogen-bond donors (Lipinski definition) is 1. The van der Waals surface area contributed by atoms with Crippen molar-refractivity contribution in [2.75, 3.05) is 19.1 Å². The molecule has 19 heavy (non-hydrogen) atoms. The Morgan fingerprint density at radius 2 is 2.00 bits per heavy atom. The van der Waals surface area contributed by atoms with Crippen molar-refractivity contribution in [3.05, 3.63) is 48.2 Å². The summed E-state index contributed by atoms with van der Waals surface area (Å²) in [4.78, 5) is 6.66. The quantitative estimate of drug-likeness (QED) is 0.867. The summed E-state index contributed by atoms with van der Waals surface area (Å²) in [5, 5.41) is 0. The Hall–Kier alpha value is -2.14. The number of rotatable bonds is 4. The molecule has 98 valence electrons. The number of thiocarbonyl (C=S) groups is 1. The molecule has 2 aromatic rings. The summed E-state index contributed by atoms with van der Waals surface area (Å²) in [7, 11) is 3.57. The zero-order valence-electron chi connectivity index (χ0n) is 10.8. The van der Waals surface area contributed by atoms with Crippen LogP contribution in [0, 0.1) is 0 Å². The summed E-state index contributed by atoms with van der Waals surface area (Å²) in [5.74, 6) is 1.58. The van der Waals surface area contributed by atoms with Crippen LogP contribution in [0.5, 0.6) is 5.75 Å². The number of nitrogens with two attached hydrogens (primary N) is 1. The first-order valence-electron chi connectivity index (χ1n) is 5.76. The maximum atomic E-state index is 5.60. The van der Waals surface area contributed by atoms with Crippen LogP contribution in [0.15, 0.2) is 42.5 Å². The van der Waals surface area contributed by atoms with E-state index in [9.17, 15) is 0 Å². The molecule has 4 nitrogen and oxygen atoms in total. The van der Waals surface area contributed by atoms with E-state index in [1.807, 2.05) is 48.3 Å². The van der Waals surface area contributed by atoms with Crippen LogP contribution in [0.4, 0.5) is 11.5 Å². The zero-order valence-corrected chi connectivity index (χ0v) is 11.6. The second-order valence-corrected chi connectivity index (χ2v) is 4.45. The topological polar surface area (TPSA) is 51.4 Å². The molecule has 0 fully saturated rings. The lowest BCUT2D eigenvalue weighted by molar-refractivity contribution is 0.415. The molecule has 0 aliphatic rings. The minimum Gasteiger partial charge on any atom is -0.497 e. The molecular weight excluding hydrogens is 258 g/mol. The number of anilines is 2. The summed E-state index contributed by atoms with van der Waals surface area (Å²) < 4.78 is 5.21. The second kappa shape index (κ2) is 5.67. The van der Waals surface area contributed by atoms with Crippen molar-refractivity contribution < 1.29 is 4.74 Å². The van der Waals surface area contributed by atoms with Gasteiger partial charge >= 0.3 is 0 Å². The van der Waals surface area contributed by atoms with Gasteiger partial charge < -0.3 is 15.4 Å². The highest BCUT2D eigenvalue weighted by Gasteiger charge is 2.08. The fourth-order valence-corrected chi connectivity index (χ4v) is 1.81. The van der Waals surface area contributed by atoms with Gasteiger partial charge in [0, 0.05) is 18.8 Å². The molecule has 1 aromatic heterocycles. The van der Waals surface area contributed by atoms with Gasteiger partial charge in [-0.1, -0.05) is 24.4 Å². The van der Waals surface area contributed by atoms with Crippen molar-refractivity contribution >= 4 is 28.7 Å². The lowest BCUT2D eigenvalue weighted by atomic mass is 10.2. The minimum absolute atomic E-state index is 0.292. The van der Waals surface area contributed by atoms with Crippen molar-refractivity contribution in [1.29, 1.82) is 0 Å². The highest BCUT2D eigenvalue weighted by molar-refractivity contribution is 7.80. The third kappa shape index (κ3) is 3.00. The van der Waals surface area contributed by atoms with Gasteiger partial charge in [0.1, 0.15) is 16.6 Å². The number of benzene rings is 1. The molecule has 0 bridgehead atoms. The molecule has 0 radical (unpaired) electrons. The smallest absolute Gasteiger partial charge is 0.133 e. The summed E-state index contributed by atoms with van der Waals surface area (Å²) >= 11 is 4.94. The Morgan fingerprint density at radius 3 is 2.68 bits per heavy atom. The van der Waals surface area contributed by atoms with E-state index in [2.05, 4.69) is 4.98 Å². The van der Waals surface area contributed by atoms with Crippen LogP contribution in [-0.2, 0) is 0 Å². The lowest BCUT2D eigenvalue weighted by Crippen LogP contribution is -2.16. The Balaban J connectivity index is 2.35. The normalized spacial score (nSPS) is 10.0. The Labute approximate surface area is 117 Å². The van der Waals surface area contributed by atoms with Crippen LogP contribution in [0.25, 0.3) is 0 Å². The van der Waals surface area contributed by atoms with E-state index in [-0.39, 0.29) is 0 Å². The fraction of sp³-hybridized carbons (Fsp3) is 0.143. The van der Waals surface area contributed by atoms with Crippen LogP contribution in [-0.4, -0.2) is 24.1 Å². The maximum absolute atomic E-state index is 5.60. The number of pyridine rings is 1. The van der Waals surface area contributed by atoms with E-state index >= 15 is 0 Å². The molecule has 0 atom stereocenters. The average Bonchev–Trinajstić information content (AvgIpc) is 2.46. The van der Waals surface area contributed by atoms with Gasteiger partial charge in [0.25, 0.3) is 0 Å².